The van der Waals surface area contributed by atoms with Gasteiger partial charge in [0.05, 0.1) is 6.04 Å². The van der Waals surface area contributed by atoms with Crippen molar-refractivity contribution < 1.29 is 24.2 Å². The molecule has 0 aliphatic heterocycles. The Morgan fingerprint density at radius 1 is 1.26 bits per heavy atom. The summed E-state index contributed by atoms with van der Waals surface area (Å²) in [7, 11) is 1.35. The smallest absolute Gasteiger partial charge is 0.426 e. The van der Waals surface area contributed by atoms with E-state index in [0.717, 1.165) is 15.6 Å². The summed E-state index contributed by atoms with van der Waals surface area (Å²) < 4.78 is 5.03. The molecule has 1 unspecified atom stereocenters. The monoisotopic (exact) mass is 323 g/mol. The van der Waals surface area contributed by atoms with Crippen LogP contribution in [0.1, 0.15) is 19.4 Å². The molecule has 126 valence electrons. The summed E-state index contributed by atoms with van der Waals surface area (Å²) in [5.41, 5.74) is 0.846. The van der Waals surface area contributed by atoms with Crippen LogP contribution in [0, 0.1) is 0 Å². The molecule has 0 saturated heterocycles. The first-order valence-electron chi connectivity index (χ1n) is 7.03. The van der Waals surface area contributed by atoms with Crippen molar-refractivity contribution in [3.05, 3.63) is 35.9 Å². The van der Waals surface area contributed by atoms with Crippen molar-refractivity contribution in [3.8, 4) is 0 Å². The van der Waals surface area contributed by atoms with Crippen LogP contribution in [0.3, 0.4) is 0 Å². The lowest BCUT2D eigenvalue weighted by Gasteiger charge is -2.33. The zero-order valence-corrected chi connectivity index (χ0v) is 13.4. The number of nitrogens with one attached hydrogen (secondary N) is 1. The maximum atomic E-state index is 11.6. The Balaban J connectivity index is 2.46. The van der Waals surface area contributed by atoms with E-state index >= 15 is 0 Å². The largest absolute Gasteiger partial charge is 0.464 e. The van der Waals surface area contributed by atoms with Crippen LogP contribution in [0.4, 0.5) is 9.59 Å². The SMILES string of the molecule is CC(=O)N(C)N(C(=O)O)C(C)CNC(=O)OCc1ccccc1. The van der Waals surface area contributed by atoms with Gasteiger partial charge in [0.2, 0.25) is 5.91 Å². The summed E-state index contributed by atoms with van der Waals surface area (Å²) in [6, 6.07) is 8.54. The summed E-state index contributed by atoms with van der Waals surface area (Å²) in [5.74, 6) is -0.425. The number of nitrogens with zero attached hydrogens (tertiary/aromatic N) is 2. The third kappa shape index (κ3) is 5.85. The minimum absolute atomic E-state index is 0.0115. The van der Waals surface area contributed by atoms with E-state index in [0.29, 0.717) is 0 Å². The maximum Gasteiger partial charge on any atom is 0.426 e. The molecule has 0 radical (unpaired) electrons. The second-order valence-corrected chi connectivity index (χ2v) is 4.96. The molecule has 0 fully saturated rings. The number of carbonyl (C=O) groups is 3. The molecule has 8 nitrogen and oxygen atoms in total. The molecule has 0 aromatic heterocycles. The number of carboxylic acid groups (broad SMARTS) is 1. The number of carbonyl (C=O) groups excluding carboxylic acids is 2. The molecule has 1 atom stereocenters. The van der Waals surface area contributed by atoms with Gasteiger partial charge in [-0.3, -0.25) is 9.80 Å². The van der Waals surface area contributed by atoms with Crippen LogP contribution in [0.15, 0.2) is 30.3 Å². The summed E-state index contributed by atoms with van der Waals surface area (Å²) in [6.45, 7) is 2.96. The van der Waals surface area contributed by atoms with Crippen molar-refractivity contribution in [1.82, 2.24) is 15.3 Å². The molecular formula is C15H21N3O5. The van der Waals surface area contributed by atoms with Gasteiger partial charge in [-0.15, -0.1) is 0 Å². The van der Waals surface area contributed by atoms with Crippen LogP contribution in [-0.2, 0) is 16.1 Å². The van der Waals surface area contributed by atoms with Crippen LogP contribution < -0.4 is 5.32 Å². The first kappa shape index (κ1) is 18.3. The van der Waals surface area contributed by atoms with E-state index in [1.807, 2.05) is 30.3 Å². The summed E-state index contributed by atoms with van der Waals surface area (Å²) in [5, 5.41) is 13.5. The molecule has 1 aromatic rings. The van der Waals surface area contributed by atoms with Crippen LogP contribution in [0.2, 0.25) is 0 Å². The van der Waals surface area contributed by atoms with E-state index in [2.05, 4.69) is 5.32 Å². The molecule has 2 N–H and O–H groups in total. The van der Waals surface area contributed by atoms with E-state index in [1.165, 1.54) is 14.0 Å². The molecule has 0 bridgehead atoms. The molecule has 0 saturated carbocycles. The Kier molecular flexibility index (Phi) is 6.85. The maximum absolute atomic E-state index is 11.6. The second kappa shape index (κ2) is 8.62. The zero-order valence-electron chi connectivity index (χ0n) is 13.4. The van der Waals surface area contributed by atoms with Gasteiger partial charge in [-0.05, 0) is 12.5 Å². The Bertz CT molecular complexity index is 549. The first-order chi connectivity index (χ1) is 10.8. The average Bonchev–Trinajstić information content (AvgIpc) is 2.51. The number of amides is 3. The highest BCUT2D eigenvalue weighted by Crippen LogP contribution is 2.04. The summed E-state index contributed by atoms with van der Waals surface area (Å²) >= 11 is 0. The van der Waals surface area contributed by atoms with Crippen LogP contribution >= 0.6 is 0 Å². The molecule has 1 aromatic carbocycles. The number of ether oxygens (including phenoxy) is 1. The Labute approximate surface area is 134 Å². The van der Waals surface area contributed by atoms with E-state index in [-0.39, 0.29) is 13.2 Å². The van der Waals surface area contributed by atoms with Gasteiger partial charge in [-0.25, -0.2) is 14.6 Å². The van der Waals surface area contributed by atoms with E-state index < -0.39 is 24.1 Å². The van der Waals surface area contributed by atoms with Gasteiger partial charge in [0.15, 0.2) is 0 Å². The van der Waals surface area contributed by atoms with Crippen molar-refractivity contribution in [2.45, 2.75) is 26.5 Å². The fourth-order valence-corrected chi connectivity index (χ4v) is 1.86. The van der Waals surface area contributed by atoms with Gasteiger partial charge < -0.3 is 15.2 Å². The lowest BCUT2D eigenvalue weighted by molar-refractivity contribution is -0.142. The Morgan fingerprint density at radius 2 is 1.87 bits per heavy atom. The number of rotatable bonds is 5. The molecule has 0 aliphatic carbocycles. The fourth-order valence-electron chi connectivity index (χ4n) is 1.86. The number of alkyl carbamates (subject to hydrolysis) is 1. The quantitative estimate of drug-likeness (QED) is 0.803. The number of hydrogen-bond acceptors (Lipinski definition) is 4. The number of hydrogen-bond donors (Lipinski definition) is 2. The van der Waals surface area contributed by atoms with Crippen molar-refractivity contribution >= 4 is 18.1 Å². The third-order valence-electron chi connectivity index (χ3n) is 3.15. The van der Waals surface area contributed by atoms with Crippen molar-refractivity contribution in [1.29, 1.82) is 0 Å². The predicted octanol–water partition coefficient (Wildman–Crippen LogP) is 1.67. The highest BCUT2D eigenvalue weighted by atomic mass is 16.5. The lowest BCUT2D eigenvalue weighted by Crippen LogP contribution is -2.54. The molecule has 0 spiro atoms. The highest BCUT2D eigenvalue weighted by molar-refractivity contribution is 5.76. The lowest BCUT2D eigenvalue weighted by atomic mass is 10.2. The summed E-state index contributed by atoms with van der Waals surface area (Å²) in [6.07, 6.45) is -1.94. The van der Waals surface area contributed by atoms with E-state index in [4.69, 9.17) is 9.84 Å². The van der Waals surface area contributed by atoms with Gasteiger partial charge in [0.1, 0.15) is 6.61 Å². The van der Waals surface area contributed by atoms with Gasteiger partial charge in [0.25, 0.3) is 0 Å². The van der Waals surface area contributed by atoms with Gasteiger partial charge >= 0.3 is 12.2 Å². The number of benzene rings is 1. The molecule has 3 amide bonds. The molecule has 0 heterocycles. The van der Waals surface area contributed by atoms with E-state index in [9.17, 15) is 14.4 Å². The van der Waals surface area contributed by atoms with Crippen LogP contribution in [0.5, 0.6) is 0 Å². The Hall–Kier alpha value is -2.77. The Morgan fingerprint density at radius 3 is 2.39 bits per heavy atom. The second-order valence-electron chi connectivity index (χ2n) is 4.96. The van der Waals surface area contributed by atoms with Crippen LogP contribution in [-0.4, -0.2) is 52.9 Å². The molecular weight excluding hydrogens is 302 g/mol. The van der Waals surface area contributed by atoms with Crippen molar-refractivity contribution in [2.24, 2.45) is 0 Å². The standard InChI is InChI=1S/C15H21N3O5/c1-11(18(15(21)22)17(3)12(2)19)9-16-14(20)23-10-13-7-5-4-6-8-13/h4-8,11H,9-10H2,1-3H3,(H,16,20)(H,21,22). The zero-order chi connectivity index (χ0) is 17.4. The molecule has 23 heavy (non-hydrogen) atoms. The van der Waals surface area contributed by atoms with Crippen molar-refractivity contribution in [2.75, 3.05) is 13.6 Å². The highest BCUT2D eigenvalue weighted by Gasteiger charge is 2.26. The first-order valence-corrected chi connectivity index (χ1v) is 7.03. The van der Waals surface area contributed by atoms with Gasteiger partial charge in [0, 0.05) is 20.5 Å². The van der Waals surface area contributed by atoms with E-state index in [1.54, 1.807) is 6.92 Å². The minimum atomic E-state index is -1.28. The van der Waals surface area contributed by atoms with Crippen LogP contribution in [0.25, 0.3) is 0 Å². The molecule has 1 rings (SSSR count). The number of hydrazine groups is 1. The fraction of sp³-hybridized carbons (Fsp3) is 0.400. The average molecular weight is 323 g/mol. The predicted molar refractivity (Wildman–Crippen MR) is 82.4 cm³/mol. The normalized spacial score (nSPS) is 11.3. The summed E-state index contributed by atoms with van der Waals surface area (Å²) in [4.78, 5) is 34.2. The topological polar surface area (TPSA) is 99.2 Å². The minimum Gasteiger partial charge on any atom is -0.464 e. The van der Waals surface area contributed by atoms with Gasteiger partial charge in [-0.2, -0.15) is 0 Å². The van der Waals surface area contributed by atoms with Crippen molar-refractivity contribution in [3.63, 3.8) is 0 Å². The third-order valence-corrected chi connectivity index (χ3v) is 3.15. The molecule has 0 aliphatic rings. The van der Waals surface area contributed by atoms with Gasteiger partial charge in [-0.1, -0.05) is 30.3 Å². The molecule has 8 heteroatoms.